The Morgan fingerprint density at radius 2 is 2.00 bits per heavy atom. The zero-order valence-corrected chi connectivity index (χ0v) is 17.6. The van der Waals surface area contributed by atoms with Crippen molar-refractivity contribution in [3.63, 3.8) is 0 Å². The molecule has 2 aromatic rings. The first kappa shape index (κ1) is 20.0. The number of hydrogen-bond donors (Lipinski definition) is 3. The molecule has 1 saturated carbocycles. The summed E-state index contributed by atoms with van der Waals surface area (Å²) in [4.78, 5) is 12.6. The number of aliphatic hydroxyl groups is 1. The Balaban J connectivity index is 1.54. The van der Waals surface area contributed by atoms with Gasteiger partial charge in [0.15, 0.2) is 0 Å². The summed E-state index contributed by atoms with van der Waals surface area (Å²) in [5, 5.41) is 12.3. The van der Waals surface area contributed by atoms with Crippen LogP contribution >= 0.6 is 0 Å². The standard InChI is InChI=1S/C21H26N2O5S/c1-12(13-4-5-13)16-8-6-14-7-9-17(14)19(16)22-20(24)23-29(26,27)18-10-15(11-28-18)21(2,3)25/h6,8,10-13,25H,4-5,7,9H2,1-3H3,(H2,22,23,24)/t12-/m1/s1. The highest BCUT2D eigenvalue weighted by atomic mass is 32.2. The van der Waals surface area contributed by atoms with Crippen LogP contribution in [0.2, 0.25) is 0 Å². The summed E-state index contributed by atoms with van der Waals surface area (Å²) >= 11 is 0. The van der Waals surface area contributed by atoms with E-state index in [1.807, 2.05) is 10.8 Å². The van der Waals surface area contributed by atoms with Crippen molar-refractivity contribution in [3.8, 4) is 0 Å². The molecule has 0 radical (unpaired) electrons. The van der Waals surface area contributed by atoms with Gasteiger partial charge in [-0.05, 0) is 68.1 Å². The second-order valence-electron chi connectivity index (χ2n) is 8.57. The number of rotatable bonds is 6. The molecule has 7 nitrogen and oxygen atoms in total. The Morgan fingerprint density at radius 1 is 1.28 bits per heavy atom. The van der Waals surface area contributed by atoms with Gasteiger partial charge in [-0.2, -0.15) is 8.42 Å². The lowest BCUT2D eigenvalue weighted by molar-refractivity contribution is 0.0779. The van der Waals surface area contributed by atoms with Gasteiger partial charge in [-0.3, -0.25) is 0 Å². The van der Waals surface area contributed by atoms with Crippen molar-refractivity contribution in [1.29, 1.82) is 0 Å². The van der Waals surface area contributed by atoms with Crippen molar-refractivity contribution in [1.82, 2.24) is 4.72 Å². The SMILES string of the molecule is C[C@@H](c1ccc2c(c1NC(=O)NS(=O)(=O)c1cc(C(C)(C)O)co1)CC2)C1CC1. The van der Waals surface area contributed by atoms with E-state index in [-0.39, 0.29) is 0 Å². The van der Waals surface area contributed by atoms with Crippen LogP contribution in [0.25, 0.3) is 0 Å². The highest BCUT2D eigenvalue weighted by Crippen LogP contribution is 2.46. The fraction of sp³-hybridized carbons (Fsp3) is 0.476. The second-order valence-corrected chi connectivity index (χ2v) is 10.2. The van der Waals surface area contributed by atoms with E-state index in [0.717, 1.165) is 29.7 Å². The summed E-state index contributed by atoms with van der Waals surface area (Å²) in [6.07, 6.45) is 5.37. The average Bonchev–Trinajstić information content (AvgIpc) is 3.29. The molecule has 0 aliphatic heterocycles. The average molecular weight is 419 g/mol. The van der Waals surface area contributed by atoms with Crippen LogP contribution < -0.4 is 10.0 Å². The number of carbonyl (C=O) groups excluding carboxylic acids is 1. The molecule has 4 rings (SSSR count). The minimum atomic E-state index is -4.20. The lowest BCUT2D eigenvalue weighted by Gasteiger charge is -2.27. The Hall–Kier alpha value is -2.32. The first-order valence-corrected chi connectivity index (χ1v) is 11.3. The van der Waals surface area contributed by atoms with E-state index in [2.05, 4.69) is 18.3 Å². The van der Waals surface area contributed by atoms with Gasteiger partial charge in [-0.25, -0.2) is 9.52 Å². The van der Waals surface area contributed by atoms with E-state index < -0.39 is 26.7 Å². The highest BCUT2D eigenvalue weighted by Gasteiger charge is 2.33. The van der Waals surface area contributed by atoms with Crippen LogP contribution in [0.15, 0.2) is 34.0 Å². The molecule has 1 heterocycles. The minimum absolute atomic E-state index is 0.309. The van der Waals surface area contributed by atoms with E-state index in [9.17, 15) is 18.3 Å². The molecule has 8 heteroatoms. The molecule has 0 spiro atoms. The Morgan fingerprint density at radius 3 is 2.55 bits per heavy atom. The topological polar surface area (TPSA) is 109 Å². The lowest BCUT2D eigenvalue weighted by Crippen LogP contribution is -2.35. The first-order chi connectivity index (χ1) is 13.6. The summed E-state index contributed by atoms with van der Waals surface area (Å²) in [5.74, 6) is 0.927. The number of urea groups is 1. The maximum absolute atomic E-state index is 12.6. The number of aryl methyl sites for hydroxylation is 1. The molecule has 2 aliphatic carbocycles. The number of anilines is 1. The van der Waals surface area contributed by atoms with Gasteiger partial charge >= 0.3 is 6.03 Å². The van der Waals surface area contributed by atoms with Gasteiger partial charge in [0.05, 0.1) is 11.9 Å². The van der Waals surface area contributed by atoms with Crippen molar-refractivity contribution >= 4 is 21.7 Å². The second kappa shape index (κ2) is 6.88. The summed E-state index contributed by atoms with van der Waals surface area (Å²) in [7, 11) is -4.20. The maximum atomic E-state index is 12.6. The molecule has 1 aromatic carbocycles. The molecule has 3 N–H and O–H groups in total. The van der Waals surface area contributed by atoms with Gasteiger partial charge in [0.2, 0.25) is 5.09 Å². The molecule has 2 aliphatic rings. The van der Waals surface area contributed by atoms with Crippen molar-refractivity contribution in [2.24, 2.45) is 5.92 Å². The number of benzene rings is 1. The molecule has 0 unspecified atom stereocenters. The smallest absolute Gasteiger partial charge is 0.333 e. The van der Waals surface area contributed by atoms with Crippen LogP contribution in [-0.2, 0) is 28.5 Å². The van der Waals surface area contributed by atoms with Crippen LogP contribution in [-0.4, -0.2) is 19.6 Å². The normalized spacial score (nSPS) is 17.2. The third-order valence-electron chi connectivity index (χ3n) is 5.92. The van der Waals surface area contributed by atoms with Crippen molar-refractivity contribution in [2.45, 2.75) is 63.1 Å². The number of carbonyl (C=O) groups is 1. The number of furan rings is 1. The van der Waals surface area contributed by atoms with Gasteiger partial charge in [-0.1, -0.05) is 19.1 Å². The molecule has 1 fully saturated rings. The summed E-state index contributed by atoms with van der Waals surface area (Å²) in [5.41, 5.74) is 3.13. The van der Waals surface area contributed by atoms with Gasteiger partial charge in [-0.15, -0.1) is 0 Å². The molecule has 0 bridgehead atoms. The van der Waals surface area contributed by atoms with Crippen LogP contribution in [0, 0.1) is 5.92 Å². The Labute approximate surface area is 170 Å². The third-order valence-corrected chi connectivity index (χ3v) is 7.12. The van der Waals surface area contributed by atoms with Crippen LogP contribution in [0.3, 0.4) is 0 Å². The molecule has 29 heavy (non-hydrogen) atoms. The van der Waals surface area contributed by atoms with Crippen LogP contribution in [0.4, 0.5) is 10.5 Å². The fourth-order valence-corrected chi connectivity index (χ4v) is 4.63. The van der Waals surface area contributed by atoms with E-state index in [0.29, 0.717) is 17.4 Å². The third kappa shape index (κ3) is 3.91. The molecular formula is C21H26N2O5S. The van der Waals surface area contributed by atoms with Gasteiger partial charge in [0.25, 0.3) is 10.0 Å². The molecule has 2 amide bonds. The summed E-state index contributed by atoms with van der Waals surface area (Å²) in [6.45, 7) is 5.19. The van der Waals surface area contributed by atoms with E-state index in [1.54, 1.807) is 0 Å². The number of fused-ring (bicyclic) bond motifs is 1. The maximum Gasteiger partial charge on any atom is 0.333 e. The zero-order valence-electron chi connectivity index (χ0n) is 16.8. The van der Waals surface area contributed by atoms with Gasteiger partial charge in [0.1, 0.15) is 0 Å². The summed E-state index contributed by atoms with van der Waals surface area (Å²) in [6, 6.07) is 4.54. The predicted molar refractivity (Wildman–Crippen MR) is 108 cm³/mol. The molecule has 1 aromatic heterocycles. The Bertz CT molecular complexity index is 1060. The van der Waals surface area contributed by atoms with E-state index in [1.165, 1.54) is 44.6 Å². The monoisotopic (exact) mass is 418 g/mol. The minimum Gasteiger partial charge on any atom is -0.451 e. The largest absolute Gasteiger partial charge is 0.451 e. The number of amides is 2. The Kier molecular flexibility index (Phi) is 4.74. The highest BCUT2D eigenvalue weighted by molar-refractivity contribution is 7.89. The van der Waals surface area contributed by atoms with Gasteiger partial charge < -0.3 is 14.8 Å². The molecule has 156 valence electrons. The van der Waals surface area contributed by atoms with Crippen molar-refractivity contribution < 1.29 is 22.7 Å². The van der Waals surface area contributed by atoms with E-state index >= 15 is 0 Å². The molecular weight excluding hydrogens is 392 g/mol. The quantitative estimate of drug-likeness (QED) is 0.664. The van der Waals surface area contributed by atoms with Crippen LogP contribution in [0.5, 0.6) is 0 Å². The molecule has 0 saturated heterocycles. The predicted octanol–water partition coefficient (Wildman–Crippen LogP) is 3.63. The van der Waals surface area contributed by atoms with Crippen molar-refractivity contribution in [3.05, 3.63) is 46.7 Å². The first-order valence-electron chi connectivity index (χ1n) is 9.86. The summed E-state index contributed by atoms with van der Waals surface area (Å²) < 4.78 is 32.1. The van der Waals surface area contributed by atoms with Gasteiger partial charge in [0, 0.05) is 17.3 Å². The van der Waals surface area contributed by atoms with Crippen LogP contribution in [0.1, 0.15) is 61.8 Å². The number of sulfonamides is 1. The number of hydrogen-bond acceptors (Lipinski definition) is 5. The zero-order chi connectivity index (χ0) is 21.0. The molecule has 1 atom stereocenters. The fourth-order valence-electron chi connectivity index (χ4n) is 3.78. The van der Waals surface area contributed by atoms with Crippen molar-refractivity contribution in [2.75, 3.05) is 5.32 Å². The van der Waals surface area contributed by atoms with E-state index in [4.69, 9.17) is 4.42 Å². The lowest BCUT2D eigenvalue weighted by atomic mass is 9.82. The number of nitrogens with one attached hydrogen (secondary N) is 2.